The van der Waals surface area contributed by atoms with E-state index < -0.39 is 0 Å². The molecule has 0 aliphatic carbocycles. The predicted octanol–water partition coefficient (Wildman–Crippen LogP) is 3.79. The number of aromatic nitrogens is 3. The summed E-state index contributed by atoms with van der Waals surface area (Å²) in [4.78, 5) is 12.4. The molecule has 0 saturated heterocycles. The number of benzene rings is 2. The summed E-state index contributed by atoms with van der Waals surface area (Å²) in [6, 6.07) is 15.8. The number of rotatable bonds is 4. The number of amides is 1. The van der Waals surface area contributed by atoms with Crippen LogP contribution in [0.4, 0.5) is 5.69 Å². The molecule has 0 bridgehead atoms. The van der Waals surface area contributed by atoms with E-state index in [2.05, 4.69) is 14.8 Å². The first kappa shape index (κ1) is 14.6. The van der Waals surface area contributed by atoms with Gasteiger partial charge in [-0.1, -0.05) is 30.3 Å². The van der Waals surface area contributed by atoms with E-state index in [1.54, 1.807) is 23.3 Å². The molecule has 24 heavy (non-hydrogen) atoms. The van der Waals surface area contributed by atoms with Crippen LogP contribution in [0.2, 0.25) is 0 Å². The summed E-state index contributed by atoms with van der Waals surface area (Å²) in [6.07, 6.45) is 5.14. The predicted molar refractivity (Wildman–Crippen MR) is 95.3 cm³/mol. The van der Waals surface area contributed by atoms with Crippen LogP contribution in [0.25, 0.3) is 10.1 Å². The fourth-order valence-corrected chi connectivity index (χ4v) is 3.12. The summed E-state index contributed by atoms with van der Waals surface area (Å²) in [5, 5.41) is 8.19. The second-order valence-electron chi connectivity index (χ2n) is 5.44. The lowest BCUT2D eigenvalue weighted by atomic mass is 10.2. The van der Waals surface area contributed by atoms with Crippen molar-refractivity contribution in [2.75, 3.05) is 5.32 Å². The summed E-state index contributed by atoms with van der Waals surface area (Å²) in [5.41, 5.74) is 2.43. The van der Waals surface area contributed by atoms with Crippen molar-refractivity contribution in [1.29, 1.82) is 0 Å². The molecule has 5 nitrogen and oxygen atoms in total. The Balaban J connectivity index is 1.48. The molecule has 0 unspecified atom stereocenters. The zero-order valence-electron chi connectivity index (χ0n) is 12.7. The van der Waals surface area contributed by atoms with Crippen molar-refractivity contribution in [2.24, 2.45) is 0 Å². The molecular weight excluding hydrogens is 320 g/mol. The Morgan fingerprint density at radius 2 is 2.00 bits per heavy atom. The first-order valence-electron chi connectivity index (χ1n) is 7.50. The van der Waals surface area contributed by atoms with Crippen LogP contribution >= 0.6 is 11.5 Å². The van der Waals surface area contributed by atoms with Gasteiger partial charge in [-0.2, -0.15) is 9.47 Å². The van der Waals surface area contributed by atoms with Gasteiger partial charge in [0.15, 0.2) is 0 Å². The summed E-state index contributed by atoms with van der Waals surface area (Å²) < 4.78 is 7.00. The van der Waals surface area contributed by atoms with Crippen LogP contribution in [-0.4, -0.2) is 20.1 Å². The van der Waals surface area contributed by atoms with Crippen molar-refractivity contribution < 1.29 is 4.79 Å². The van der Waals surface area contributed by atoms with E-state index in [1.165, 1.54) is 11.5 Å². The van der Waals surface area contributed by atoms with Gasteiger partial charge in [-0.05, 0) is 35.3 Å². The third-order valence-corrected chi connectivity index (χ3v) is 4.47. The van der Waals surface area contributed by atoms with E-state index in [-0.39, 0.29) is 5.91 Å². The lowest BCUT2D eigenvalue weighted by molar-refractivity contribution is 0.102. The SMILES string of the molecule is O=C(Nc1ccc2sncc2c1)c1cnn(Cc2ccccc2)c1. The molecular formula is C18H14N4OS. The quantitative estimate of drug-likeness (QED) is 0.617. The van der Waals surface area contributed by atoms with Gasteiger partial charge in [-0.15, -0.1) is 0 Å². The Kier molecular flexibility index (Phi) is 3.80. The molecule has 0 saturated carbocycles. The van der Waals surface area contributed by atoms with Crippen LogP contribution in [0.1, 0.15) is 15.9 Å². The van der Waals surface area contributed by atoms with Crippen molar-refractivity contribution in [1.82, 2.24) is 14.2 Å². The highest BCUT2D eigenvalue weighted by molar-refractivity contribution is 7.13. The van der Waals surface area contributed by atoms with E-state index in [0.29, 0.717) is 12.1 Å². The average molecular weight is 334 g/mol. The van der Waals surface area contributed by atoms with Crippen molar-refractivity contribution in [3.05, 3.63) is 78.2 Å². The minimum absolute atomic E-state index is 0.170. The topological polar surface area (TPSA) is 59.8 Å². The molecule has 0 aliphatic rings. The fourth-order valence-electron chi connectivity index (χ4n) is 2.49. The van der Waals surface area contributed by atoms with Crippen LogP contribution in [0.5, 0.6) is 0 Å². The Bertz CT molecular complexity index is 990. The van der Waals surface area contributed by atoms with Crippen molar-refractivity contribution in [3.8, 4) is 0 Å². The molecule has 0 aliphatic heterocycles. The standard InChI is InChI=1S/C18H14N4OS/c23-18(21-16-6-7-17-14(8-16)10-20-24-17)15-9-19-22(12-15)11-13-4-2-1-3-5-13/h1-10,12H,11H2,(H,21,23). The van der Waals surface area contributed by atoms with Gasteiger partial charge in [-0.3, -0.25) is 9.48 Å². The van der Waals surface area contributed by atoms with E-state index >= 15 is 0 Å². The van der Waals surface area contributed by atoms with E-state index in [4.69, 9.17) is 0 Å². The van der Waals surface area contributed by atoms with Crippen LogP contribution < -0.4 is 5.32 Å². The Morgan fingerprint density at radius 1 is 1.12 bits per heavy atom. The van der Waals surface area contributed by atoms with E-state index in [0.717, 1.165) is 21.3 Å². The van der Waals surface area contributed by atoms with Crippen LogP contribution in [0, 0.1) is 0 Å². The minimum Gasteiger partial charge on any atom is -0.322 e. The number of fused-ring (bicyclic) bond motifs is 1. The molecule has 6 heteroatoms. The number of nitrogens with one attached hydrogen (secondary N) is 1. The first-order chi connectivity index (χ1) is 11.8. The second-order valence-corrected chi connectivity index (χ2v) is 6.28. The van der Waals surface area contributed by atoms with Crippen LogP contribution in [0.15, 0.2) is 67.1 Å². The van der Waals surface area contributed by atoms with Crippen LogP contribution in [0.3, 0.4) is 0 Å². The van der Waals surface area contributed by atoms with Gasteiger partial charge >= 0.3 is 0 Å². The number of anilines is 1. The Labute approximate surface area is 142 Å². The maximum atomic E-state index is 12.4. The van der Waals surface area contributed by atoms with Crippen molar-refractivity contribution >= 4 is 33.2 Å². The Hall–Kier alpha value is -2.99. The molecule has 0 radical (unpaired) electrons. The van der Waals surface area contributed by atoms with Gasteiger partial charge in [0.1, 0.15) is 0 Å². The normalized spacial score (nSPS) is 10.8. The summed E-state index contributed by atoms with van der Waals surface area (Å²) >= 11 is 1.44. The molecule has 0 atom stereocenters. The highest BCUT2D eigenvalue weighted by Gasteiger charge is 2.10. The first-order valence-corrected chi connectivity index (χ1v) is 8.27. The molecule has 118 valence electrons. The maximum absolute atomic E-state index is 12.4. The van der Waals surface area contributed by atoms with Gasteiger partial charge < -0.3 is 5.32 Å². The summed E-state index contributed by atoms with van der Waals surface area (Å²) in [5.74, 6) is -0.170. The zero-order chi connectivity index (χ0) is 16.4. The largest absolute Gasteiger partial charge is 0.322 e. The smallest absolute Gasteiger partial charge is 0.258 e. The molecule has 0 fully saturated rings. The van der Waals surface area contributed by atoms with Gasteiger partial charge in [0.05, 0.1) is 23.0 Å². The average Bonchev–Trinajstić information content (AvgIpc) is 3.24. The van der Waals surface area contributed by atoms with Crippen molar-refractivity contribution in [2.45, 2.75) is 6.54 Å². The summed E-state index contributed by atoms with van der Waals surface area (Å²) in [7, 11) is 0. The van der Waals surface area contributed by atoms with Gasteiger partial charge in [0.25, 0.3) is 5.91 Å². The number of hydrogen-bond acceptors (Lipinski definition) is 4. The highest BCUT2D eigenvalue weighted by atomic mass is 32.1. The lowest BCUT2D eigenvalue weighted by Crippen LogP contribution is -2.11. The molecule has 1 N–H and O–H groups in total. The van der Waals surface area contributed by atoms with Gasteiger partial charge in [-0.25, -0.2) is 0 Å². The lowest BCUT2D eigenvalue weighted by Gasteiger charge is -2.03. The molecule has 4 aromatic rings. The molecule has 2 aromatic heterocycles. The van der Waals surface area contributed by atoms with Gasteiger partial charge in [0, 0.05) is 23.5 Å². The third kappa shape index (κ3) is 3.04. The zero-order valence-corrected chi connectivity index (χ0v) is 13.5. The van der Waals surface area contributed by atoms with Crippen molar-refractivity contribution in [3.63, 3.8) is 0 Å². The molecule has 0 spiro atoms. The molecule has 2 heterocycles. The maximum Gasteiger partial charge on any atom is 0.258 e. The number of carbonyl (C=O) groups excluding carboxylic acids is 1. The molecule has 2 aromatic carbocycles. The number of nitrogens with zero attached hydrogens (tertiary/aromatic N) is 3. The fraction of sp³-hybridized carbons (Fsp3) is 0.0556. The minimum atomic E-state index is -0.170. The highest BCUT2D eigenvalue weighted by Crippen LogP contribution is 2.22. The third-order valence-electron chi connectivity index (χ3n) is 3.69. The second kappa shape index (κ2) is 6.25. The number of carbonyl (C=O) groups is 1. The van der Waals surface area contributed by atoms with E-state index in [9.17, 15) is 4.79 Å². The van der Waals surface area contributed by atoms with E-state index in [1.807, 2.05) is 48.5 Å². The van der Waals surface area contributed by atoms with Gasteiger partial charge in [0.2, 0.25) is 0 Å². The molecule has 4 rings (SSSR count). The Morgan fingerprint density at radius 3 is 2.88 bits per heavy atom. The number of hydrogen-bond donors (Lipinski definition) is 1. The monoisotopic (exact) mass is 334 g/mol. The molecule has 1 amide bonds. The van der Waals surface area contributed by atoms with Crippen LogP contribution in [-0.2, 0) is 6.54 Å². The summed E-state index contributed by atoms with van der Waals surface area (Å²) in [6.45, 7) is 0.640.